The lowest BCUT2D eigenvalue weighted by molar-refractivity contribution is 0.669. The molecule has 0 aliphatic rings. The largest absolute Gasteiger partial charge is 0.456 e. The van der Waals surface area contributed by atoms with Gasteiger partial charge in [-0.15, -0.1) is 0 Å². The quantitative estimate of drug-likeness (QED) is 0.178. The summed E-state index contributed by atoms with van der Waals surface area (Å²) in [5.74, 6) is 0. The highest BCUT2D eigenvalue weighted by molar-refractivity contribution is 6.24. The van der Waals surface area contributed by atoms with Crippen molar-refractivity contribution >= 4 is 54.3 Å². The number of rotatable bonds is 4. The van der Waals surface area contributed by atoms with Crippen molar-refractivity contribution in [3.63, 3.8) is 0 Å². The first-order chi connectivity index (χ1) is 24.3. The van der Waals surface area contributed by atoms with E-state index in [1.165, 1.54) is 76.8 Å². The smallest absolute Gasteiger partial charge is 0.135 e. The topological polar surface area (TPSA) is 13.1 Å². The summed E-state index contributed by atoms with van der Waals surface area (Å²) < 4.78 is 6.14. The highest BCUT2D eigenvalue weighted by Gasteiger charge is 2.19. The molecule has 0 aliphatic heterocycles. The fourth-order valence-corrected chi connectivity index (χ4v) is 7.88. The van der Waals surface area contributed by atoms with Gasteiger partial charge in [-0.25, -0.2) is 0 Å². The van der Waals surface area contributed by atoms with E-state index in [0.717, 1.165) is 21.9 Å². The van der Waals surface area contributed by atoms with E-state index in [4.69, 9.17) is 4.42 Å². The Balaban J connectivity index is 1.21. The van der Waals surface area contributed by atoms with E-state index in [2.05, 4.69) is 170 Å². The molecule has 9 aromatic carbocycles. The number of para-hydroxylation sites is 1. The zero-order valence-corrected chi connectivity index (χ0v) is 26.7. The summed E-state index contributed by atoms with van der Waals surface area (Å²) in [6.45, 7) is 0. The molecule has 49 heavy (non-hydrogen) atoms. The molecule has 0 saturated carbocycles. The SMILES string of the molecule is c1ccc(-c2ccc(-c3c4ccccc4c(-c4cccc(-c5ccc6oc7ccccc7c6c5)c4)c4ccccc34)c3ccccc23)cc1. The zero-order chi connectivity index (χ0) is 32.3. The van der Waals surface area contributed by atoms with E-state index < -0.39 is 0 Å². The molecule has 0 saturated heterocycles. The number of furan rings is 1. The van der Waals surface area contributed by atoms with Gasteiger partial charge in [0.15, 0.2) is 0 Å². The van der Waals surface area contributed by atoms with Gasteiger partial charge in [0.2, 0.25) is 0 Å². The van der Waals surface area contributed by atoms with Crippen molar-refractivity contribution in [2.75, 3.05) is 0 Å². The van der Waals surface area contributed by atoms with Gasteiger partial charge in [0.05, 0.1) is 0 Å². The second-order valence-corrected chi connectivity index (χ2v) is 12.8. The fourth-order valence-electron chi connectivity index (χ4n) is 7.88. The summed E-state index contributed by atoms with van der Waals surface area (Å²) in [5, 5.41) is 9.82. The molecule has 0 aliphatic carbocycles. The van der Waals surface area contributed by atoms with Crippen LogP contribution in [0.3, 0.4) is 0 Å². The summed E-state index contributed by atoms with van der Waals surface area (Å²) in [5.41, 5.74) is 11.7. The first kappa shape index (κ1) is 27.7. The van der Waals surface area contributed by atoms with Crippen molar-refractivity contribution in [1.29, 1.82) is 0 Å². The Morgan fingerprint density at radius 3 is 1.45 bits per heavy atom. The van der Waals surface area contributed by atoms with Gasteiger partial charge in [-0.05, 0) is 101 Å². The highest BCUT2D eigenvalue weighted by Crippen LogP contribution is 2.47. The molecule has 1 heterocycles. The van der Waals surface area contributed by atoms with Crippen molar-refractivity contribution < 1.29 is 4.42 Å². The van der Waals surface area contributed by atoms with E-state index in [-0.39, 0.29) is 0 Å². The predicted molar refractivity (Wildman–Crippen MR) is 208 cm³/mol. The lowest BCUT2D eigenvalue weighted by atomic mass is 9.83. The van der Waals surface area contributed by atoms with Crippen LogP contribution in [0.1, 0.15) is 0 Å². The molecule has 0 spiro atoms. The van der Waals surface area contributed by atoms with Crippen LogP contribution in [0.2, 0.25) is 0 Å². The molecular formula is C48H30O. The fraction of sp³-hybridized carbons (Fsp3) is 0. The Morgan fingerprint density at radius 2 is 0.735 bits per heavy atom. The minimum atomic E-state index is 0.915. The predicted octanol–water partition coefficient (Wildman–Crippen LogP) is 13.7. The van der Waals surface area contributed by atoms with Crippen molar-refractivity contribution in [2.24, 2.45) is 0 Å². The van der Waals surface area contributed by atoms with Gasteiger partial charge in [0.1, 0.15) is 11.2 Å². The van der Waals surface area contributed by atoms with E-state index in [1.54, 1.807) is 0 Å². The molecule has 1 aromatic heterocycles. The number of fused-ring (bicyclic) bond motifs is 6. The van der Waals surface area contributed by atoms with Crippen LogP contribution in [-0.4, -0.2) is 0 Å². The third-order valence-corrected chi connectivity index (χ3v) is 10.1. The second-order valence-electron chi connectivity index (χ2n) is 12.8. The zero-order valence-electron chi connectivity index (χ0n) is 26.7. The van der Waals surface area contributed by atoms with Crippen LogP contribution < -0.4 is 0 Å². The molecule has 0 N–H and O–H groups in total. The minimum absolute atomic E-state index is 0.915. The maximum Gasteiger partial charge on any atom is 0.135 e. The third-order valence-electron chi connectivity index (χ3n) is 10.1. The Morgan fingerprint density at radius 1 is 0.245 bits per heavy atom. The molecule has 0 bridgehead atoms. The van der Waals surface area contributed by atoms with E-state index in [1.807, 2.05) is 12.1 Å². The first-order valence-corrected chi connectivity index (χ1v) is 16.8. The standard InChI is InChI=1S/C48H30O/c1-2-13-31(14-3-1)35-26-27-43(37-18-5-4-17-36(35)37)48-41-22-8-6-20-39(41)47(40-21-7-9-23-42(40)48)34-16-12-15-32(29-34)33-25-28-46-44(30-33)38-19-10-11-24-45(38)49-46/h1-30H. The van der Waals surface area contributed by atoms with Crippen molar-refractivity contribution in [3.8, 4) is 44.5 Å². The Hall–Kier alpha value is -6.44. The number of hydrogen-bond acceptors (Lipinski definition) is 1. The lowest BCUT2D eigenvalue weighted by Gasteiger charge is -2.20. The van der Waals surface area contributed by atoms with Crippen molar-refractivity contribution in [3.05, 3.63) is 182 Å². The number of hydrogen-bond donors (Lipinski definition) is 0. The maximum atomic E-state index is 6.14. The Labute approximate surface area is 284 Å². The van der Waals surface area contributed by atoms with Gasteiger partial charge in [-0.3, -0.25) is 0 Å². The van der Waals surface area contributed by atoms with Crippen LogP contribution in [-0.2, 0) is 0 Å². The average Bonchev–Trinajstić information content (AvgIpc) is 3.55. The lowest BCUT2D eigenvalue weighted by Crippen LogP contribution is -1.92. The number of benzene rings is 9. The van der Waals surface area contributed by atoms with E-state index >= 15 is 0 Å². The van der Waals surface area contributed by atoms with Crippen LogP contribution in [0, 0.1) is 0 Å². The summed E-state index contributed by atoms with van der Waals surface area (Å²) in [7, 11) is 0. The monoisotopic (exact) mass is 622 g/mol. The van der Waals surface area contributed by atoms with Gasteiger partial charge < -0.3 is 4.42 Å². The van der Waals surface area contributed by atoms with Crippen LogP contribution >= 0.6 is 0 Å². The molecule has 0 unspecified atom stereocenters. The molecule has 0 radical (unpaired) electrons. The van der Waals surface area contributed by atoms with E-state index in [9.17, 15) is 0 Å². The molecular weight excluding hydrogens is 593 g/mol. The van der Waals surface area contributed by atoms with Crippen LogP contribution in [0.4, 0.5) is 0 Å². The third kappa shape index (κ3) is 4.40. The average molecular weight is 623 g/mol. The molecule has 10 rings (SSSR count). The Kier molecular flexibility index (Phi) is 6.25. The molecule has 0 atom stereocenters. The van der Waals surface area contributed by atoms with Gasteiger partial charge in [-0.2, -0.15) is 0 Å². The van der Waals surface area contributed by atoms with Crippen LogP contribution in [0.5, 0.6) is 0 Å². The van der Waals surface area contributed by atoms with Crippen molar-refractivity contribution in [1.82, 2.24) is 0 Å². The van der Waals surface area contributed by atoms with E-state index in [0.29, 0.717) is 0 Å². The molecule has 1 nitrogen and oxygen atoms in total. The van der Waals surface area contributed by atoms with Gasteiger partial charge in [0, 0.05) is 10.8 Å². The van der Waals surface area contributed by atoms with Gasteiger partial charge >= 0.3 is 0 Å². The summed E-state index contributed by atoms with van der Waals surface area (Å²) in [6, 6.07) is 65.9. The summed E-state index contributed by atoms with van der Waals surface area (Å²) in [4.78, 5) is 0. The molecule has 228 valence electrons. The van der Waals surface area contributed by atoms with Crippen LogP contribution in [0.25, 0.3) is 98.8 Å². The first-order valence-electron chi connectivity index (χ1n) is 16.8. The summed E-state index contributed by atoms with van der Waals surface area (Å²) in [6.07, 6.45) is 0. The van der Waals surface area contributed by atoms with Gasteiger partial charge in [0.25, 0.3) is 0 Å². The molecule has 0 fully saturated rings. The van der Waals surface area contributed by atoms with Gasteiger partial charge in [-0.1, -0.05) is 158 Å². The summed E-state index contributed by atoms with van der Waals surface area (Å²) >= 11 is 0. The Bertz CT molecular complexity index is 2820. The van der Waals surface area contributed by atoms with Crippen molar-refractivity contribution in [2.45, 2.75) is 0 Å². The molecule has 10 aromatic rings. The normalized spacial score (nSPS) is 11.7. The highest BCUT2D eigenvalue weighted by atomic mass is 16.3. The molecule has 0 amide bonds. The maximum absolute atomic E-state index is 6.14. The molecule has 1 heteroatoms. The van der Waals surface area contributed by atoms with Crippen LogP contribution in [0.15, 0.2) is 186 Å². The second kappa shape index (κ2) is 11.1. The minimum Gasteiger partial charge on any atom is -0.456 e.